The molecule has 7 nitrogen and oxygen atoms in total. The van der Waals surface area contributed by atoms with Crippen molar-refractivity contribution in [3.8, 4) is 0 Å². The van der Waals surface area contributed by atoms with Gasteiger partial charge in [-0.3, -0.25) is 19.7 Å². The molecule has 0 radical (unpaired) electrons. The first-order valence-corrected chi connectivity index (χ1v) is 7.60. The molecule has 1 heterocycles. The Morgan fingerprint density at radius 1 is 1.39 bits per heavy atom. The smallest absolute Gasteiger partial charge is 0.270 e. The van der Waals surface area contributed by atoms with Crippen LogP contribution in [0.15, 0.2) is 29.4 Å². The van der Waals surface area contributed by atoms with E-state index in [1.807, 2.05) is 0 Å². The molecule has 0 aliphatic carbocycles. The number of carbonyl (C=O) groups excluding carboxylic acids is 2. The highest BCUT2D eigenvalue weighted by molar-refractivity contribution is 6.26. The molecule has 0 unspecified atom stereocenters. The lowest BCUT2D eigenvalue weighted by molar-refractivity contribution is -0.384. The van der Waals surface area contributed by atoms with Gasteiger partial charge in [0, 0.05) is 24.2 Å². The number of hydrazone groups is 1. The third kappa shape index (κ3) is 3.61. The van der Waals surface area contributed by atoms with Crippen molar-refractivity contribution in [3.63, 3.8) is 0 Å². The normalized spacial score (nSPS) is 17.3. The van der Waals surface area contributed by atoms with E-state index < -0.39 is 16.6 Å². The van der Waals surface area contributed by atoms with Crippen LogP contribution in [0.4, 0.5) is 5.69 Å². The zero-order valence-corrected chi connectivity index (χ0v) is 13.2. The van der Waals surface area contributed by atoms with Crippen LogP contribution in [0, 0.1) is 16.0 Å². The van der Waals surface area contributed by atoms with Crippen molar-refractivity contribution in [2.75, 3.05) is 6.54 Å². The molecule has 0 fully saturated rings. The number of carbonyl (C=O) groups is 2. The van der Waals surface area contributed by atoms with Crippen LogP contribution < -0.4 is 0 Å². The summed E-state index contributed by atoms with van der Waals surface area (Å²) in [7, 11) is 0. The Balaban J connectivity index is 2.17. The first-order valence-electron chi connectivity index (χ1n) is 7.60. The first-order chi connectivity index (χ1) is 11.0. The van der Waals surface area contributed by atoms with E-state index in [-0.39, 0.29) is 17.2 Å². The third-order valence-electron chi connectivity index (χ3n) is 3.77. The fraction of sp³-hybridized carbons (Fsp3) is 0.438. The minimum atomic E-state index is -0.973. The molecule has 0 saturated heterocycles. The Morgan fingerprint density at radius 3 is 2.78 bits per heavy atom. The fourth-order valence-corrected chi connectivity index (χ4v) is 2.54. The van der Waals surface area contributed by atoms with Crippen molar-refractivity contribution in [1.29, 1.82) is 0 Å². The summed E-state index contributed by atoms with van der Waals surface area (Å²) in [4.78, 5) is 35.2. The molecule has 23 heavy (non-hydrogen) atoms. The molecule has 0 bridgehead atoms. The summed E-state index contributed by atoms with van der Waals surface area (Å²) in [6.45, 7) is 4.19. The van der Waals surface area contributed by atoms with E-state index in [1.54, 1.807) is 6.92 Å². The zero-order chi connectivity index (χ0) is 17.0. The van der Waals surface area contributed by atoms with Gasteiger partial charge < -0.3 is 0 Å². The number of ketones is 1. The Bertz CT molecular complexity index is 669. The number of amides is 1. The van der Waals surface area contributed by atoms with Gasteiger partial charge in [0.15, 0.2) is 5.78 Å². The zero-order valence-electron chi connectivity index (χ0n) is 13.2. The number of nitrogens with zero attached hydrogens (tertiary/aromatic N) is 3. The van der Waals surface area contributed by atoms with Crippen LogP contribution in [0.1, 0.15) is 43.5 Å². The van der Waals surface area contributed by atoms with Crippen molar-refractivity contribution in [2.24, 2.45) is 11.0 Å². The average Bonchev–Trinajstić information content (AvgIpc) is 2.81. The molecule has 2 rings (SSSR count). The Hall–Kier alpha value is -2.57. The standard InChI is InChI=1S/C16H19N3O4/c1-3-4-5-9-18-16(21)14(11(2)17-18)15(20)12-7-6-8-13(10-12)19(22)23/h6-8,10,14H,3-5,9H2,1-2H3/t14-/m1/s1. The lowest BCUT2D eigenvalue weighted by Gasteiger charge is -2.13. The first kappa shape index (κ1) is 16.8. The molecule has 0 N–H and O–H groups in total. The molecule has 7 heteroatoms. The van der Waals surface area contributed by atoms with E-state index in [0.717, 1.165) is 19.3 Å². The number of non-ortho nitro benzene ring substituents is 1. The molecule has 1 aliphatic rings. The molecular weight excluding hydrogens is 298 g/mol. The average molecular weight is 317 g/mol. The molecule has 1 atom stereocenters. The van der Waals surface area contributed by atoms with Gasteiger partial charge in [0.25, 0.3) is 11.6 Å². The number of unbranched alkanes of at least 4 members (excludes halogenated alkanes) is 2. The summed E-state index contributed by atoms with van der Waals surface area (Å²) < 4.78 is 0. The number of nitro benzene ring substituents is 1. The SMILES string of the molecule is CCCCCN1N=C(C)[C@H](C(=O)c2cccc([N+](=O)[O-])c2)C1=O. The van der Waals surface area contributed by atoms with Gasteiger partial charge in [-0.2, -0.15) is 5.10 Å². The second-order valence-electron chi connectivity index (χ2n) is 5.51. The highest BCUT2D eigenvalue weighted by atomic mass is 16.6. The maximum atomic E-state index is 12.6. The van der Waals surface area contributed by atoms with Crippen LogP contribution in [-0.4, -0.2) is 33.9 Å². The van der Waals surface area contributed by atoms with Gasteiger partial charge in [-0.15, -0.1) is 0 Å². The molecule has 0 spiro atoms. The minimum Gasteiger partial charge on any atom is -0.293 e. The van der Waals surface area contributed by atoms with Gasteiger partial charge in [-0.25, -0.2) is 5.01 Å². The minimum absolute atomic E-state index is 0.155. The highest BCUT2D eigenvalue weighted by Gasteiger charge is 2.39. The molecule has 0 aromatic heterocycles. The molecule has 1 aliphatic heterocycles. The van der Waals surface area contributed by atoms with E-state index in [1.165, 1.54) is 29.3 Å². The summed E-state index contributed by atoms with van der Waals surface area (Å²) in [6.07, 6.45) is 2.85. The maximum Gasteiger partial charge on any atom is 0.270 e. The van der Waals surface area contributed by atoms with Gasteiger partial charge in [0.05, 0.1) is 10.6 Å². The Kier molecular flexibility index (Phi) is 5.20. The Labute approximate surface area is 134 Å². The van der Waals surface area contributed by atoms with Gasteiger partial charge in [-0.05, 0) is 13.3 Å². The molecule has 1 aromatic rings. The van der Waals surface area contributed by atoms with Gasteiger partial charge in [0.1, 0.15) is 5.92 Å². The predicted molar refractivity (Wildman–Crippen MR) is 85.3 cm³/mol. The van der Waals surface area contributed by atoms with Crippen LogP contribution in [0.2, 0.25) is 0 Å². The number of hydrogen-bond donors (Lipinski definition) is 0. The third-order valence-corrected chi connectivity index (χ3v) is 3.77. The molecule has 1 amide bonds. The van der Waals surface area contributed by atoms with Gasteiger partial charge in [0.2, 0.25) is 0 Å². The van der Waals surface area contributed by atoms with E-state index >= 15 is 0 Å². The molecular formula is C16H19N3O4. The monoisotopic (exact) mass is 317 g/mol. The van der Waals surface area contributed by atoms with Crippen molar-refractivity contribution in [2.45, 2.75) is 33.1 Å². The molecule has 0 saturated carbocycles. The van der Waals surface area contributed by atoms with Crippen LogP contribution in [0.5, 0.6) is 0 Å². The van der Waals surface area contributed by atoms with E-state index in [4.69, 9.17) is 0 Å². The summed E-state index contributed by atoms with van der Waals surface area (Å²) >= 11 is 0. The summed E-state index contributed by atoms with van der Waals surface area (Å²) in [5.41, 5.74) is 0.418. The summed E-state index contributed by atoms with van der Waals surface area (Å²) in [5.74, 6) is -1.77. The number of hydrogen-bond acceptors (Lipinski definition) is 5. The quantitative estimate of drug-likeness (QED) is 0.254. The van der Waals surface area contributed by atoms with E-state index in [2.05, 4.69) is 12.0 Å². The van der Waals surface area contributed by atoms with Crippen LogP contribution in [0.25, 0.3) is 0 Å². The number of nitro groups is 1. The van der Waals surface area contributed by atoms with E-state index in [9.17, 15) is 19.7 Å². The topological polar surface area (TPSA) is 92.9 Å². The second-order valence-corrected chi connectivity index (χ2v) is 5.51. The van der Waals surface area contributed by atoms with Crippen molar-refractivity contribution < 1.29 is 14.5 Å². The number of benzene rings is 1. The molecule has 1 aromatic carbocycles. The maximum absolute atomic E-state index is 12.6. The van der Waals surface area contributed by atoms with Crippen LogP contribution in [-0.2, 0) is 4.79 Å². The predicted octanol–water partition coefficient (Wildman–Crippen LogP) is 2.80. The van der Waals surface area contributed by atoms with Crippen molar-refractivity contribution in [1.82, 2.24) is 5.01 Å². The second kappa shape index (κ2) is 7.13. The summed E-state index contributed by atoms with van der Waals surface area (Å²) in [5, 5.41) is 16.3. The number of rotatable bonds is 7. The summed E-state index contributed by atoms with van der Waals surface area (Å²) in [6, 6.07) is 5.43. The fourth-order valence-electron chi connectivity index (χ4n) is 2.54. The Morgan fingerprint density at radius 2 is 2.13 bits per heavy atom. The van der Waals surface area contributed by atoms with Crippen molar-refractivity contribution in [3.05, 3.63) is 39.9 Å². The molecule has 122 valence electrons. The van der Waals surface area contributed by atoms with Crippen LogP contribution >= 0.6 is 0 Å². The lowest BCUT2D eigenvalue weighted by atomic mass is 9.93. The highest BCUT2D eigenvalue weighted by Crippen LogP contribution is 2.23. The van der Waals surface area contributed by atoms with Gasteiger partial charge in [-0.1, -0.05) is 31.9 Å². The number of Topliss-reactive ketones (excluding diaryl/α,β-unsaturated/α-hetero) is 1. The lowest BCUT2D eigenvalue weighted by Crippen LogP contribution is -2.33. The van der Waals surface area contributed by atoms with Gasteiger partial charge >= 0.3 is 0 Å². The van der Waals surface area contributed by atoms with Crippen molar-refractivity contribution >= 4 is 23.1 Å². The van der Waals surface area contributed by atoms with E-state index in [0.29, 0.717) is 12.3 Å². The van der Waals surface area contributed by atoms with Crippen LogP contribution in [0.3, 0.4) is 0 Å². The largest absolute Gasteiger partial charge is 0.293 e.